The third-order valence-corrected chi connectivity index (χ3v) is 7.30. The van der Waals surface area contributed by atoms with Crippen LogP contribution >= 0.6 is 11.6 Å². The zero-order valence-electron chi connectivity index (χ0n) is 15.4. The minimum atomic E-state index is -3.67. The molecule has 1 heterocycles. The van der Waals surface area contributed by atoms with Crippen LogP contribution in [0, 0.1) is 5.92 Å². The monoisotopic (exact) mass is 398 g/mol. The molecule has 1 aliphatic carbocycles. The van der Waals surface area contributed by atoms with Gasteiger partial charge < -0.3 is 4.90 Å². The lowest BCUT2D eigenvalue weighted by Crippen LogP contribution is -2.37. The molecule has 1 aliphatic heterocycles. The van der Waals surface area contributed by atoms with Crippen molar-refractivity contribution >= 4 is 27.5 Å². The summed E-state index contributed by atoms with van der Waals surface area (Å²) >= 11 is 6.21. The number of amides is 1. The lowest BCUT2D eigenvalue weighted by Gasteiger charge is -2.27. The van der Waals surface area contributed by atoms with Gasteiger partial charge in [-0.25, -0.2) is 8.42 Å². The van der Waals surface area contributed by atoms with Crippen LogP contribution in [0.5, 0.6) is 0 Å². The molecule has 0 bridgehead atoms. The van der Waals surface area contributed by atoms with Crippen molar-refractivity contribution in [1.82, 2.24) is 9.21 Å². The van der Waals surface area contributed by atoms with Gasteiger partial charge in [-0.1, -0.05) is 31.9 Å². The highest BCUT2D eigenvalue weighted by Gasteiger charge is 2.34. The quantitative estimate of drug-likeness (QED) is 0.732. The average Bonchev–Trinajstić information content (AvgIpc) is 3.45. The van der Waals surface area contributed by atoms with Gasteiger partial charge in [0.15, 0.2) is 0 Å². The third-order valence-electron chi connectivity index (χ3n) is 4.92. The van der Waals surface area contributed by atoms with Crippen LogP contribution in [0.2, 0.25) is 5.02 Å². The Kier molecular flexibility index (Phi) is 5.94. The van der Waals surface area contributed by atoms with Gasteiger partial charge in [0.2, 0.25) is 10.0 Å². The number of sulfonamides is 1. The van der Waals surface area contributed by atoms with Gasteiger partial charge in [0, 0.05) is 31.2 Å². The first-order chi connectivity index (χ1) is 12.3. The molecular formula is C19H27ClN2O3S. The molecule has 0 atom stereocenters. The van der Waals surface area contributed by atoms with Crippen molar-refractivity contribution in [2.75, 3.05) is 19.6 Å². The van der Waals surface area contributed by atoms with E-state index >= 15 is 0 Å². The predicted molar refractivity (Wildman–Crippen MR) is 103 cm³/mol. The highest BCUT2D eigenvalue weighted by molar-refractivity contribution is 7.89. The zero-order chi connectivity index (χ0) is 18.9. The molecule has 0 spiro atoms. The minimum Gasteiger partial charge on any atom is -0.335 e. The first-order valence-electron chi connectivity index (χ1n) is 9.41. The van der Waals surface area contributed by atoms with Gasteiger partial charge in [0.1, 0.15) is 4.90 Å². The maximum atomic E-state index is 13.0. The van der Waals surface area contributed by atoms with Gasteiger partial charge in [-0.15, -0.1) is 0 Å². The fourth-order valence-corrected chi connectivity index (χ4v) is 5.44. The standard InChI is InChI=1S/C19H27ClN2O3S/c1-14(2)13-22(16-7-8-16)19(23)15-6-9-17(20)18(12-15)26(24,25)21-10-4-3-5-11-21/h6,9,12,14,16H,3-5,7-8,10-11,13H2,1-2H3. The number of rotatable bonds is 6. The molecule has 1 amide bonds. The van der Waals surface area contributed by atoms with Crippen molar-refractivity contribution in [2.45, 2.75) is 56.9 Å². The first kappa shape index (κ1) is 19.6. The molecule has 3 rings (SSSR count). The second-order valence-corrected chi connectivity index (χ2v) is 10.0. The summed E-state index contributed by atoms with van der Waals surface area (Å²) in [6.45, 7) is 5.87. The maximum Gasteiger partial charge on any atom is 0.254 e. The second-order valence-electron chi connectivity index (χ2n) is 7.69. The molecule has 1 saturated heterocycles. The van der Waals surface area contributed by atoms with Gasteiger partial charge in [-0.3, -0.25) is 4.79 Å². The summed E-state index contributed by atoms with van der Waals surface area (Å²) in [5.41, 5.74) is 0.400. The summed E-state index contributed by atoms with van der Waals surface area (Å²) in [5.74, 6) is 0.261. The predicted octanol–water partition coefficient (Wildman–Crippen LogP) is 3.78. The van der Waals surface area contributed by atoms with Gasteiger partial charge in [-0.2, -0.15) is 4.31 Å². The number of nitrogens with zero attached hydrogens (tertiary/aromatic N) is 2. The van der Waals surface area contributed by atoms with Crippen LogP contribution < -0.4 is 0 Å². The minimum absolute atomic E-state index is 0.0483. The molecular weight excluding hydrogens is 372 g/mol. The van der Waals surface area contributed by atoms with E-state index in [9.17, 15) is 13.2 Å². The van der Waals surface area contributed by atoms with Crippen LogP contribution in [0.1, 0.15) is 56.3 Å². The normalized spacial score (nSPS) is 18.9. The van der Waals surface area contributed by atoms with Gasteiger partial charge in [-0.05, 0) is 49.8 Å². The fourth-order valence-electron chi connectivity index (χ4n) is 3.42. The lowest BCUT2D eigenvalue weighted by molar-refractivity contribution is 0.0722. The Morgan fingerprint density at radius 2 is 1.88 bits per heavy atom. The van der Waals surface area contributed by atoms with Gasteiger partial charge in [0.25, 0.3) is 5.91 Å². The zero-order valence-corrected chi connectivity index (χ0v) is 17.0. The Hall–Kier alpha value is -1.11. The molecule has 1 aromatic carbocycles. The molecule has 2 aliphatic rings. The highest BCUT2D eigenvalue weighted by Crippen LogP contribution is 2.31. The number of benzene rings is 1. The van der Waals surface area contributed by atoms with Crippen LogP contribution in [0.15, 0.2) is 23.1 Å². The Balaban J connectivity index is 1.90. The molecule has 5 nitrogen and oxygen atoms in total. The molecule has 1 saturated carbocycles. The van der Waals surface area contributed by atoms with Gasteiger partial charge >= 0.3 is 0 Å². The van der Waals surface area contributed by atoms with E-state index in [2.05, 4.69) is 13.8 Å². The summed E-state index contributed by atoms with van der Waals surface area (Å²) in [5, 5.41) is 0.175. The summed E-state index contributed by atoms with van der Waals surface area (Å²) < 4.78 is 27.5. The molecule has 7 heteroatoms. The van der Waals surface area contributed by atoms with Crippen molar-refractivity contribution in [3.63, 3.8) is 0 Å². The molecule has 0 N–H and O–H groups in total. The number of hydrogen-bond donors (Lipinski definition) is 0. The van der Waals surface area contributed by atoms with Crippen molar-refractivity contribution in [2.24, 2.45) is 5.92 Å². The van der Waals surface area contributed by atoms with E-state index in [0.717, 1.165) is 32.1 Å². The number of carbonyl (C=O) groups is 1. The number of piperidine rings is 1. The van der Waals surface area contributed by atoms with Crippen molar-refractivity contribution in [1.29, 1.82) is 0 Å². The fraction of sp³-hybridized carbons (Fsp3) is 0.632. The van der Waals surface area contributed by atoms with Gasteiger partial charge in [0.05, 0.1) is 5.02 Å². The first-order valence-corrected chi connectivity index (χ1v) is 11.2. The largest absolute Gasteiger partial charge is 0.335 e. The Bertz CT molecular complexity index is 769. The molecule has 2 fully saturated rings. The molecule has 144 valence electrons. The Morgan fingerprint density at radius 1 is 1.23 bits per heavy atom. The van der Waals surface area contributed by atoms with E-state index in [1.165, 1.54) is 16.4 Å². The molecule has 0 unspecified atom stereocenters. The van der Waals surface area contributed by atoms with E-state index in [1.807, 2.05) is 4.90 Å². The van der Waals surface area contributed by atoms with Crippen LogP contribution in [0.3, 0.4) is 0 Å². The van der Waals surface area contributed by atoms with Crippen LogP contribution in [0.25, 0.3) is 0 Å². The summed E-state index contributed by atoms with van der Waals surface area (Å²) in [7, 11) is -3.67. The van der Waals surface area contributed by atoms with Crippen molar-refractivity contribution in [3.05, 3.63) is 28.8 Å². The average molecular weight is 399 g/mol. The SMILES string of the molecule is CC(C)CN(C(=O)c1ccc(Cl)c(S(=O)(=O)N2CCCCC2)c1)C1CC1. The Labute approximate surface area is 161 Å². The highest BCUT2D eigenvalue weighted by atomic mass is 35.5. The van der Waals surface area contributed by atoms with Crippen molar-refractivity contribution < 1.29 is 13.2 Å². The summed E-state index contributed by atoms with van der Waals surface area (Å²) in [4.78, 5) is 14.9. The summed E-state index contributed by atoms with van der Waals surface area (Å²) in [6.07, 6.45) is 4.80. The number of hydrogen-bond acceptors (Lipinski definition) is 3. The lowest BCUT2D eigenvalue weighted by atomic mass is 10.1. The molecule has 0 radical (unpaired) electrons. The second kappa shape index (κ2) is 7.87. The van der Waals surface area contributed by atoms with E-state index in [4.69, 9.17) is 11.6 Å². The topological polar surface area (TPSA) is 57.7 Å². The van der Waals surface area contributed by atoms with E-state index in [1.54, 1.807) is 6.07 Å². The third kappa shape index (κ3) is 4.24. The molecule has 1 aromatic rings. The Morgan fingerprint density at radius 3 is 2.46 bits per heavy atom. The number of carbonyl (C=O) groups excluding carboxylic acids is 1. The molecule has 26 heavy (non-hydrogen) atoms. The van der Waals surface area contributed by atoms with Crippen molar-refractivity contribution in [3.8, 4) is 0 Å². The summed E-state index contributed by atoms with van der Waals surface area (Å²) in [6, 6.07) is 4.91. The van der Waals surface area contributed by atoms with E-state index < -0.39 is 10.0 Å². The number of halogens is 1. The molecule has 0 aromatic heterocycles. The van der Waals surface area contributed by atoms with Crippen LogP contribution in [-0.2, 0) is 10.0 Å². The smallest absolute Gasteiger partial charge is 0.254 e. The van der Waals surface area contributed by atoms with Crippen LogP contribution in [-0.4, -0.2) is 49.2 Å². The van der Waals surface area contributed by atoms with Crippen LogP contribution in [0.4, 0.5) is 0 Å². The van der Waals surface area contributed by atoms with E-state index in [-0.39, 0.29) is 21.9 Å². The maximum absolute atomic E-state index is 13.0. The van der Waals surface area contributed by atoms with E-state index in [0.29, 0.717) is 31.1 Å².